The molecule has 2 aromatic heterocycles. The van der Waals surface area contributed by atoms with Crippen LogP contribution in [-0.2, 0) is 11.3 Å². The number of aryl methyl sites for hydroxylation is 5. The number of amides is 1. The van der Waals surface area contributed by atoms with Crippen LogP contribution in [0.2, 0.25) is 0 Å². The van der Waals surface area contributed by atoms with Crippen molar-refractivity contribution in [3.05, 3.63) is 81.0 Å². The van der Waals surface area contributed by atoms with Gasteiger partial charge in [0.15, 0.2) is 5.65 Å². The minimum Gasteiger partial charge on any atom is -0.324 e. The third-order valence-corrected chi connectivity index (χ3v) is 6.40. The molecule has 0 fully saturated rings. The fourth-order valence-corrected chi connectivity index (χ4v) is 4.72. The summed E-state index contributed by atoms with van der Waals surface area (Å²) in [5, 5.41) is 7.96. The molecule has 4 aromatic rings. The molecule has 0 aliphatic carbocycles. The van der Waals surface area contributed by atoms with Gasteiger partial charge < -0.3 is 5.32 Å². The average Bonchev–Trinajstić information content (AvgIpc) is 3.03. The number of carbonyl (C=O) groups excluding carboxylic acids is 1. The molecule has 7 nitrogen and oxygen atoms in total. The maximum atomic E-state index is 12.9. The Hall–Kier alpha value is -3.39. The standard InChI is InChI=1S/C24H25N5O2S/c1-14-6-7-19(16(3)10-14)32-23-22-27-29(24(31)28(22)9-8-25-23)13-20(30)26-21-17(4)11-15(2)12-18(21)5/h6-12H,13H2,1-5H3,(H,26,30). The minimum absolute atomic E-state index is 0.180. The lowest BCUT2D eigenvalue weighted by Crippen LogP contribution is -2.28. The predicted molar refractivity (Wildman–Crippen MR) is 127 cm³/mol. The summed E-state index contributed by atoms with van der Waals surface area (Å²) in [6.45, 7) is 9.83. The number of fused-ring (bicyclic) bond motifs is 1. The molecular formula is C24H25N5O2S. The van der Waals surface area contributed by atoms with Crippen molar-refractivity contribution in [2.24, 2.45) is 0 Å². The Labute approximate surface area is 190 Å². The largest absolute Gasteiger partial charge is 0.350 e. The second kappa shape index (κ2) is 8.63. The SMILES string of the molecule is Cc1ccc(Sc2nccn3c(=O)n(CC(=O)Nc4c(C)cc(C)cc4C)nc23)c(C)c1. The highest BCUT2D eigenvalue weighted by atomic mass is 32.2. The van der Waals surface area contributed by atoms with Crippen molar-refractivity contribution in [1.82, 2.24) is 19.2 Å². The van der Waals surface area contributed by atoms with Crippen molar-refractivity contribution >= 4 is 29.0 Å². The molecule has 0 saturated heterocycles. The number of benzene rings is 2. The van der Waals surface area contributed by atoms with Gasteiger partial charge in [-0.05, 0) is 57.4 Å². The molecular weight excluding hydrogens is 422 g/mol. The summed E-state index contributed by atoms with van der Waals surface area (Å²) in [5.74, 6) is -0.304. The van der Waals surface area contributed by atoms with E-state index in [1.54, 1.807) is 12.4 Å². The van der Waals surface area contributed by atoms with E-state index in [1.807, 2.05) is 58.9 Å². The lowest BCUT2D eigenvalue weighted by Gasteiger charge is -2.12. The van der Waals surface area contributed by atoms with Crippen LogP contribution in [0.3, 0.4) is 0 Å². The molecule has 1 N–H and O–H groups in total. The highest BCUT2D eigenvalue weighted by Gasteiger charge is 2.16. The van der Waals surface area contributed by atoms with E-state index in [9.17, 15) is 9.59 Å². The van der Waals surface area contributed by atoms with Crippen LogP contribution in [0.1, 0.15) is 27.8 Å². The molecule has 2 aromatic carbocycles. The van der Waals surface area contributed by atoms with E-state index < -0.39 is 0 Å². The molecule has 1 amide bonds. The van der Waals surface area contributed by atoms with Gasteiger partial charge in [0.25, 0.3) is 0 Å². The third kappa shape index (κ3) is 4.31. The summed E-state index contributed by atoms with van der Waals surface area (Å²) in [7, 11) is 0. The molecule has 0 atom stereocenters. The topological polar surface area (TPSA) is 81.3 Å². The summed E-state index contributed by atoms with van der Waals surface area (Å²) in [6, 6.07) is 10.2. The summed E-state index contributed by atoms with van der Waals surface area (Å²) in [4.78, 5) is 31.0. The number of nitrogens with one attached hydrogen (secondary N) is 1. The third-order valence-electron chi connectivity index (χ3n) is 5.24. The molecule has 8 heteroatoms. The monoisotopic (exact) mass is 447 g/mol. The Morgan fingerprint density at radius 3 is 2.38 bits per heavy atom. The Kier molecular flexibility index (Phi) is 5.88. The first-order chi connectivity index (χ1) is 15.2. The van der Waals surface area contributed by atoms with E-state index in [4.69, 9.17) is 0 Å². The number of anilines is 1. The van der Waals surface area contributed by atoms with Crippen LogP contribution in [0.4, 0.5) is 5.69 Å². The molecule has 0 spiro atoms. The molecule has 0 bridgehead atoms. The van der Waals surface area contributed by atoms with Gasteiger partial charge in [-0.1, -0.05) is 47.2 Å². The second-order valence-electron chi connectivity index (χ2n) is 8.06. The zero-order valence-corrected chi connectivity index (χ0v) is 19.6. The first-order valence-electron chi connectivity index (χ1n) is 10.3. The fraction of sp³-hybridized carbons (Fsp3) is 0.250. The highest BCUT2D eigenvalue weighted by Crippen LogP contribution is 2.31. The number of rotatable bonds is 5. The zero-order chi connectivity index (χ0) is 23.0. The van der Waals surface area contributed by atoms with E-state index >= 15 is 0 Å². The van der Waals surface area contributed by atoms with Gasteiger partial charge in [0, 0.05) is 23.0 Å². The van der Waals surface area contributed by atoms with E-state index in [0.717, 1.165) is 32.8 Å². The molecule has 0 saturated carbocycles. The molecule has 0 aliphatic heterocycles. The van der Waals surface area contributed by atoms with Gasteiger partial charge in [-0.25, -0.2) is 18.9 Å². The van der Waals surface area contributed by atoms with Crippen LogP contribution in [0.15, 0.2) is 57.4 Å². The second-order valence-corrected chi connectivity index (χ2v) is 9.09. The Morgan fingerprint density at radius 1 is 1.00 bits per heavy atom. The molecule has 0 aliphatic rings. The van der Waals surface area contributed by atoms with Gasteiger partial charge in [-0.15, -0.1) is 5.10 Å². The summed E-state index contributed by atoms with van der Waals surface area (Å²) < 4.78 is 2.60. The van der Waals surface area contributed by atoms with Gasteiger partial charge in [0.2, 0.25) is 5.91 Å². The number of hydrogen-bond donors (Lipinski definition) is 1. The van der Waals surface area contributed by atoms with Crippen molar-refractivity contribution in [2.75, 3.05) is 5.32 Å². The van der Waals surface area contributed by atoms with Crippen molar-refractivity contribution in [1.29, 1.82) is 0 Å². The number of hydrogen-bond acceptors (Lipinski definition) is 5. The van der Waals surface area contributed by atoms with E-state index in [1.165, 1.54) is 26.4 Å². The van der Waals surface area contributed by atoms with Crippen molar-refractivity contribution in [3.8, 4) is 0 Å². The van der Waals surface area contributed by atoms with Crippen molar-refractivity contribution < 1.29 is 4.79 Å². The molecule has 32 heavy (non-hydrogen) atoms. The Balaban J connectivity index is 1.62. The maximum Gasteiger partial charge on any atom is 0.350 e. The molecule has 2 heterocycles. The Morgan fingerprint density at radius 2 is 1.69 bits per heavy atom. The van der Waals surface area contributed by atoms with Crippen LogP contribution in [-0.4, -0.2) is 25.1 Å². The number of aromatic nitrogens is 4. The predicted octanol–water partition coefficient (Wildman–Crippen LogP) is 4.22. The molecule has 0 unspecified atom stereocenters. The van der Waals surface area contributed by atoms with Crippen molar-refractivity contribution in [2.45, 2.75) is 51.1 Å². The quantitative estimate of drug-likeness (QED) is 0.495. The van der Waals surface area contributed by atoms with E-state index in [0.29, 0.717) is 10.7 Å². The van der Waals surface area contributed by atoms with Gasteiger partial charge in [0.1, 0.15) is 11.6 Å². The van der Waals surface area contributed by atoms with Crippen LogP contribution in [0.5, 0.6) is 0 Å². The summed E-state index contributed by atoms with van der Waals surface area (Å²) in [5.41, 5.74) is 6.23. The van der Waals surface area contributed by atoms with E-state index in [-0.39, 0.29) is 18.1 Å². The van der Waals surface area contributed by atoms with E-state index in [2.05, 4.69) is 21.5 Å². The molecule has 4 rings (SSSR count). The van der Waals surface area contributed by atoms with Gasteiger partial charge in [-0.2, -0.15) is 0 Å². The first kappa shape index (κ1) is 21.8. The smallest absolute Gasteiger partial charge is 0.324 e. The average molecular weight is 448 g/mol. The van der Waals surface area contributed by atoms with Gasteiger partial charge in [-0.3, -0.25) is 4.79 Å². The fourth-order valence-electron chi connectivity index (χ4n) is 3.81. The summed E-state index contributed by atoms with van der Waals surface area (Å²) in [6.07, 6.45) is 3.14. The van der Waals surface area contributed by atoms with Crippen LogP contribution in [0.25, 0.3) is 5.65 Å². The Bertz CT molecular complexity index is 1380. The number of nitrogens with zero attached hydrogens (tertiary/aromatic N) is 4. The van der Waals surface area contributed by atoms with Crippen LogP contribution >= 0.6 is 11.8 Å². The van der Waals surface area contributed by atoms with Gasteiger partial charge in [0.05, 0.1) is 0 Å². The molecule has 0 radical (unpaired) electrons. The highest BCUT2D eigenvalue weighted by molar-refractivity contribution is 7.99. The van der Waals surface area contributed by atoms with Crippen molar-refractivity contribution in [3.63, 3.8) is 0 Å². The zero-order valence-electron chi connectivity index (χ0n) is 18.8. The van der Waals surface area contributed by atoms with Crippen LogP contribution < -0.4 is 11.0 Å². The normalized spacial score (nSPS) is 11.2. The first-order valence-corrected chi connectivity index (χ1v) is 11.1. The summed E-state index contributed by atoms with van der Waals surface area (Å²) >= 11 is 1.45. The lowest BCUT2D eigenvalue weighted by molar-refractivity contribution is -0.117. The lowest BCUT2D eigenvalue weighted by atomic mass is 10.1. The minimum atomic E-state index is -0.377. The molecule has 164 valence electrons. The van der Waals surface area contributed by atoms with Crippen LogP contribution in [0, 0.1) is 34.6 Å². The maximum absolute atomic E-state index is 12.9. The van der Waals surface area contributed by atoms with Gasteiger partial charge >= 0.3 is 5.69 Å². The number of carbonyl (C=O) groups is 1.